The summed E-state index contributed by atoms with van der Waals surface area (Å²) in [6, 6.07) is 4.34. The number of aryl methyl sites for hydroxylation is 1. The maximum atomic E-state index is 6.10. The molecule has 1 N–H and O–H groups in total. The van der Waals surface area contributed by atoms with Gasteiger partial charge in [-0.3, -0.25) is 0 Å². The fraction of sp³-hybridized carbons (Fsp3) is 0.571. The van der Waals surface area contributed by atoms with E-state index in [9.17, 15) is 0 Å². The van der Waals surface area contributed by atoms with Crippen LogP contribution in [0.5, 0.6) is 5.75 Å². The number of anilines is 1. The molecule has 1 heterocycles. The number of nitrogens with one attached hydrogen (secondary N) is 1. The number of ether oxygens (including phenoxy) is 2. The summed E-state index contributed by atoms with van der Waals surface area (Å²) in [7, 11) is 1.67. The van der Waals surface area contributed by atoms with Crippen molar-refractivity contribution in [2.24, 2.45) is 0 Å². The fourth-order valence-corrected chi connectivity index (χ4v) is 2.45. The molecule has 100 valence electrons. The lowest BCUT2D eigenvalue weighted by molar-refractivity contribution is 0.0232. The first-order valence-corrected chi connectivity index (χ1v) is 6.70. The molecule has 0 bridgehead atoms. The molecule has 2 unspecified atom stereocenters. The van der Waals surface area contributed by atoms with Crippen LogP contribution in [0.15, 0.2) is 12.1 Å². The monoisotopic (exact) mass is 269 g/mol. The standard InChI is InChI=1S/C14H20ClNO2/c1-9-6-13(14(17-3)8-12(9)15)16-11-4-5-18-10(2)7-11/h6,8,10-11,16H,4-5,7H2,1-3H3. The van der Waals surface area contributed by atoms with Crippen molar-refractivity contribution in [1.29, 1.82) is 0 Å². The molecule has 0 saturated carbocycles. The molecule has 2 rings (SSSR count). The number of hydrogen-bond acceptors (Lipinski definition) is 3. The second-order valence-corrected chi connectivity index (χ2v) is 5.26. The van der Waals surface area contributed by atoms with Crippen molar-refractivity contribution in [2.75, 3.05) is 19.0 Å². The van der Waals surface area contributed by atoms with Gasteiger partial charge in [0.05, 0.1) is 18.9 Å². The minimum absolute atomic E-state index is 0.315. The molecule has 0 spiro atoms. The van der Waals surface area contributed by atoms with Crippen molar-refractivity contribution < 1.29 is 9.47 Å². The number of hydrogen-bond donors (Lipinski definition) is 1. The van der Waals surface area contributed by atoms with Gasteiger partial charge in [-0.15, -0.1) is 0 Å². The van der Waals surface area contributed by atoms with Gasteiger partial charge in [-0.1, -0.05) is 11.6 Å². The van der Waals surface area contributed by atoms with Gasteiger partial charge in [-0.25, -0.2) is 0 Å². The van der Waals surface area contributed by atoms with Gasteiger partial charge < -0.3 is 14.8 Å². The minimum Gasteiger partial charge on any atom is -0.495 e. The van der Waals surface area contributed by atoms with Crippen LogP contribution >= 0.6 is 11.6 Å². The summed E-state index contributed by atoms with van der Waals surface area (Å²) in [5.41, 5.74) is 2.07. The highest BCUT2D eigenvalue weighted by molar-refractivity contribution is 6.31. The topological polar surface area (TPSA) is 30.5 Å². The first kappa shape index (κ1) is 13.5. The predicted octanol–water partition coefficient (Wildman–Crippen LogP) is 3.64. The Morgan fingerprint density at radius 2 is 2.22 bits per heavy atom. The third kappa shape index (κ3) is 3.09. The van der Waals surface area contributed by atoms with E-state index in [2.05, 4.69) is 12.2 Å². The first-order valence-electron chi connectivity index (χ1n) is 6.32. The molecule has 1 saturated heterocycles. The molecule has 2 atom stereocenters. The summed E-state index contributed by atoms with van der Waals surface area (Å²) in [6.45, 7) is 4.92. The van der Waals surface area contributed by atoms with E-state index in [1.807, 2.05) is 19.1 Å². The molecule has 1 aromatic carbocycles. The lowest BCUT2D eigenvalue weighted by Gasteiger charge is -2.29. The molecular weight excluding hydrogens is 250 g/mol. The number of rotatable bonds is 3. The maximum Gasteiger partial charge on any atom is 0.143 e. The Kier molecular flexibility index (Phi) is 4.36. The van der Waals surface area contributed by atoms with E-state index >= 15 is 0 Å². The third-order valence-electron chi connectivity index (χ3n) is 3.33. The third-order valence-corrected chi connectivity index (χ3v) is 3.73. The van der Waals surface area contributed by atoms with Gasteiger partial charge >= 0.3 is 0 Å². The van der Waals surface area contributed by atoms with Gasteiger partial charge in [0, 0.05) is 23.7 Å². The number of benzene rings is 1. The van der Waals surface area contributed by atoms with Crippen LogP contribution in [0.4, 0.5) is 5.69 Å². The van der Waals surface area contributed by atoms with Gasteiger partial charge in [0.1, 0.15) is 5.75 Å². The molecule has 18 heavy (non-hydrogen) atoms. The first-order chi connectivity index (χ1) is 8.60. The predicted molar refractivity (Wildman–Crippen MR) is 74.8 cm³/mol. The van der Waals surface area contributed by atoms with E-state index in [4.69, 9.17) is 21.1 Å². The normalized spacial score (nSPS) is 23.8. The molecule has 0 aromatic heterocycles. The summed E-state index contributed by atoms with van der Waals surface area (Å²) < 4.78 is 10.9. The molecule has 1 aliphatic rings. The van der Waals surface area contributed by atoms with Crippen LogP contribution in [0.3, 0.4) is 0 Å². The van der Waals surface area contributed by atoms with E-state index in [-0.39, 0.29) is 0 Å². The highest BCUT2D eigenvalue weighted by Crippen LogP contribution is 2.32. The van der Waals surface area contributed by atoms with Gasteiger partial charge in [-0.05, 0) is 38.3 Å². The Hall–Kier alpha value is -0.930. The summed E-state index contributed by atoms with van der Waals surface area (Å²) in [4.78, 5) is 0. The van der Waals surface area contributed by atoms with Crippen LogP contribution in [0, 0.1) is 6.92 Å². The van der Waals surface area contributed by atoms with Crippen LogP contribution < -0.4 is 10.1 Å². The number of methoxy groups -OCH3 is 1. The molecule has 3 nitrogen and oxygen atoms in total. The zero-order valence-electron chi connectivity index (χ0n) is 11.1. The molecule has 0 aliphatic carbocycles. The maximum absolute atomic E-state index is 6.10. The van der Waals surface area contributed by atoms with Gasteiger partial charge in [0.2, 0.25) is 0 Å². The van der Waals surface area contributed by atoms with Gasteiger partial charge in [0.25, 0.3) is 0 Å². The smallest absolute Gasteiger partial charge is 0.143 e. The Morgan fingerprint density at radius 1 is 1.44 bits per heavy atom. The van der Waals surface area contributed by atoms with Gasteiger partial charge in [0.15, 0.2) is 0 Å². The van der Waals surface area contributed by atoms with Gasteiger partial charge in [-0.2, -0.15) is 0 Å². The Labute approximate surface area is 113 Å². The molecule has 0 amide bonds. The minimum atomic E-state index is 0.315. The van der Waals surface area contributed by atoms with Crippen molar-refractivity contribution in [3.8, 4) is 5.75 Å². The summed E-state index contributed by atoms with van der Waals surface area (Å²) in [5, 5.41) is 4.27. The summed E-state index contributed by atoms with van der Waals surface area (Å²) in [6.07, 6.45) is 2.36. The molecule has 1 fully saturated rings. The molecular formula is C14H20ClNO2. The number of halogens is 1. The zero-order valence-corrected chi connectivity index (χ0v) is 11.9. The van der Waals surface area contributed by atoms with E-state index in [0.717, 1.165) is 41.5 Å². The second-order valence-electron chi connectivity index (χ2n) is 4.85. The lowest BCUT2D eigenvalue weighted by Crippen LogP contribution is -2.32. The van der Waals surface area contributed by atoms with E-state index in [1.54, 1.807) is 7.11 Å². The van der Waals surface area contributed by atoms with Crippen LogP contribution in [-0.4, -0.2) is 25.9 Å². The zero-order chi connectivity index (χ0) is 13.1. The van der Waals surface area contributed by atoms with Crippen LogP contribution in [0.25, 0.3) is 0 Å². The lowest BCUT2D eigenvalue weighted by atomic mass is 10.0. The van der Waals surface area contributed by atoms with E-state index < -0.39 is 0 Å². The molecule has 1 aromatic rings. The summed E-state index contributed by atoms with van der Waals surface area (Å²) in [5.74, 6) is 0.796. The molecule has 1 aliphatic heterocycles. The second kappa shape index (κ2) is 5.81. The SMILES string of the molecule is COc1cc(Cl)c(C)cc1NC1CCOC(C)C1. The Bertz CT molecular complexity index is 423. The highest BCUT2D eigenvalue weighted by Gasteiger charge is 2.20. The van der Waals surface area contributed by atoms with Crippen LogP contribution in [0.2, 0.25) is 5.02 Å². The molecule has 4 heteroatoms. The average molecular weight is 270 g/mol. The van der Waals surface area contributed by atoms with E-state index in [1.165, 1.54) is 0 Å². The highest BCUT2D eigenvalue weighted by atomic mass is 35.5. The van der Waals surface area contributed by atoms with Crippen molar-refractivity contribution >= 4 is 17.3 Å². The Morgan fingerprint density at radius 3 is 2.89 bits per heavy atom. The average Bonchev–Trinajstić information content (AvgIpc) is 2.33. The van der Waals surface area contributed by atoms with Crippen molar-refractivity contribution in [3.63, 3.8) is 0 Å². The van der Waals surface area contributed by atoms with Crippen LogP contribution in [-0.2, 0) is 4.74 Å². The molecule has 0 radical (unpaired) electrons. The van der Waals surface area contributed by atoms with Crippen molar-refractivity contribution in [3.05, 3.63) is 22.7 Å². The quantitative estimate of drug-likeness (QED) is 0.909. The van der Waals surface area contributed by atoms with E-state index in [0.29, 0.717) is 12.1 Å². The largest absolute Gasteiger partial charge is 0.495 e. The fourth-order valence-electron chi connectivity index (χ4n) is 2.29. The van der Waals surface area contributed by atoms with Crippen molar-refractivity contribution in [1.82, 2.24) is 0 Å². The van der Waals surface area contributed by atoms with Crippen molar-refractivity contribution in [2.45, 2.75) is 38.8 Å². The van der Waals surface area contributed by atoms with Crippen LogP contribution in [0.1, 0.15) is 25.3 Å². The summed E-state index contributed by atoms with van der Waals surface area (Å²) >= 11 is 6.10. The Balaban J connectivity index is 2.14.